The Kier molecular flexibility index (Phi) is 4.52. The number of aromatic nitrogens is 4. The number of ether oxygens (including phenoxy) is 2. The highest BCUT2D eigenvalue weighted by Gasteiger charge is 2.43. The summed E-state index contributed by atoms with van der Waals surface area (Å²) in [4.78, 5) is 7.55. The maximum Gasteiger partial charge on any atom is 0.139 e. The molecule has 0 aliphatic carbocycles. The summed E-state index contributed by atoms with van der Waals surface area (Å²) in [5.74, 6) is 4.55. The quantitative estimate of drug-likeness (QED) is 0.489. The van der Waals surface area contributed by atoms with Crippen molar-refractivity contribution in [2.24, 2.45) is 0 Å². The molecule has 0 radical (unpaired) electrons. The van der Waals surface area contributed by atoms with Crippen LogP contribution in [0.4, 0.5) is 8.78 Å². The van der Waals surface area contributed by atoms with Gasteiger partial charge in [-0.3, -0.25) is 4.68 Å². The van der Waals surface area contributed by atoms with Gasteiger partial charge < -0.3 is 14.5 Å². The van der Waals surface area contributed by atoms with Crippen molar-refractivity contribution in [2.45, 2.75) is 24.7 Å². The third-order valence-electron chi connectivity index (χ3n) is 6.01. The monoisotopic (exact) mass is 432 g/mol. The first-order valence-corrected chi connectivity index (χ1v) is 10.4. The van der Waals surface area contributed by atoms with Crippen molar-refractivity contribution in [3.63, 3.8) is 0 Å². The highest BCUT2D eigenvalue weighted by Crippen LogP contribution is 2.34. The van der Waals surface area contributed by atoms with E-state index >= 15 is 0 Å². The third kappa shape index (κ3) is 3.27. The number of nitrogens with zero attached hydrogens (tertiary/aromatic N) is 3. The van der Waals surface area contributed by atoms with Crippen LogP contribution in [0.15, 0.2) is 49.1 Å². The molecule has 4 aromatic rings. The highest BCUT2D eigenvalue weighted by atomic mass is 19.1. The van der Waals surface area contributed by atoms with Gasteiger partial charge >= 0.3 is 0 Å². The summed E-state index contributed by atoms with van der Waals surface area (Å²) in [6.45, 7) is 1.30. The van der Waals surface area contributed by atoms with Crippen LogP contribution in [0.5, 0.6) is 0 Å². The van der Waals surface area contributed by atoms with Gasteiger partial charge in [-0.1, -0.05) is 11.8 Å². The molecule has 3 unspecified atom stereocenters. The van der Waals surface area contributed by atoms with Crippen molar-refractivity contribution in [1.29, 1.82) is 0 Å². The minimum absolute atomic E-state index is 0.0101. The molecule has 160 valence electrons. The van der Waals surface area contributed by atoms with Crippen LogP contribution in [-0.4, -0.2) is 45.2 Å². The molecule has 0 spiro atoms. The molecule has 3 aromatic heterocycles. The number of halogens is 2. The lowest BCUT2D eigenvalue weighted by Gasteiger charge is -2.15. The molecule has 2 aliphatic heterocycles. The number of rotatable bonds is 2. The molecule has 5 heterocycles. The molecule has 2 fully saturated rings. The summed E-state index contributed by atoms with van der Waals surface area (Å²) in [7, 11) is 0. The Hall–Kier alpha value is -3.54. The van der Waals surface area contributed by atoms with Crippen LogP contribution in [0.25, 0.3) is 22.2 Å². The molecular weight excluding hydrogens is 414 g/mol. The molecule has 32 heavy (non-hydrogen) atoms. The number of hydrogen-bond donors (Lipinski definition) is 1. The van der Waals surface area contributed by atoms with Gasteiger partial charge in [0.2, 0.25) is 0 Å². The Balaban J connectivity index is 1.32. The minimum Gasteiger partial charge on any atom is -0.373 e. The number of H-pyrrole nitrogens is 1. The topological polar surface area (TPSA) is 65.0 Å². The van der Waals surface area contributed by atoms with E-state index in [0.717, 1.165) is 47.7 Å². The molecule has 6 nitrogen and oxygen atoms in total. The SMILES string of the molecule is Fc1ccc(F)c(C#Cc2c[nH]c3ncc(-c4cnn(C5COC6CCOC65)c4)cc23)c1. The molecule has 1 aromatic carbocycles. The van der Waals surface area contributed by atoms with Gasteiger partial charge in [0, 0.05) is 41.7 Å². The van der Waals surface area contributed by atoms with E-state index in [-0.39, 0.29) is 23.8 Å². The second kappa shape index (κ2) is 7.55. The zero-order valence-corrected chi connectivity index (χ0v) is 16.9. The van der Waals surface area contributed by atoms with Crippen molar-refractivity contribution in [1.82, 2.24) is 19.7 Å². The lowest BCUT2D eigenvalue weighted by molar-refractivity contribution is 0.0634. The second-order valence-electron chi connectivity index (χ2n) is 7.97. The second-order valence-corrected chi connectivity index (χ2v) is 7.97. The highest BCUT2D eigenvalue weighted by molar-refractivity contribution is 5.87. The molecule has 0 amide bonds. The molecule has 8 heteroatoms. The van der Waals surface area contributed by atoms with Crippen LogP contribution >= 0.6 is 0 Å². The third-order valence-corrected chi connectivity index (χ3v) is 6.01. The van der Waals surface area contributed by atoms with Crippen LogP contribution < -0.4 is 0 Å². The maximum atomic E-state index is 13.9. The van der Waals surface area contributed by atoms with Gasteiger partial charge in [-0.05, 0) is 30.7 Å². The van der Waals surface area contributed by atoms with Crippen LogP contribution in [-0.2, 0) is 9.47 Å². The first kappa shape index (κ1) is 19.2. The van der Waals surface area contributed by atoms with Crippen LogP contribution in [0.2, 0.25) is 0 Å². The number of pyridine rings is 1. The number of aromatic amines is 1. The largest absolute Gasteiger partial charge is 0.373 e. The van der Waals surface area contributed by atoms with Crippen LogP contribution in [0.1, 0.15) is 23.6 Å². The van der Waals surface area contributed by atoms with E-state index in [1.807, 2.05) is 16.9 Å². The Morgan fingerprint density at radius 1 is 1.06 bits per heavy atom. The van der Waals surface area contributed by atoms with E-state index in [4.69, 9.17) is 9.47 Å². The van der Waals surface area contributed by atoms with Gasteiger partial charge in [-0.2, -0.15) is 5.10 Å². The predicted octanol–water partition coefficient (Wildman–Crippen LogP) is 3.83. The normalized spacial score (nSPS) is 22.1. The summed E-state index contributed by atoms with van der Waals surface area (Å²) < 4.78 is 40.9. The molecule has 3 atom stereocenters. The molecule has 1 N–H and O–H groups in total. The van der Waals surface area contributed by atoms with E-state index < -0.39 is 11.6 Å². The summed E-state index contributed by atoms with van der Waals surface area (Å²) in [6.07, 6.45) is 8.36. The van der Waals surface area contributed by atoms with Gasteiger partial charge in [-0.15, -0.1) is 0 Å². The standard InChI is InChI=1S/C24H18F2N4O2/c25-18-3-4-20(26)14(7-18)1-2-15-9-27-24-19(15)8-16(10-28-24)17-11-29-30(12-17)21-13-32-22-5-6-31-23(21)22/h3-4,7-12,21-23H,5-6,13H2,(H,27,28). The zero-order chi connectivity index (χ0) is 21.7. The number of benzene rings is 1. The first-order chi connectivity index (χ1) is 15.7. The van der Waals surface area contributed by atoms with E-state index in [9.17, 15) is 8.78 Å². The molecule has 2 saturated heterocycles. The lowest BCUT2D eigenvalue weighted by Crippen LogP contribution is -2.25. The lowest BCUT2D eigenvalue weighted by atomic mass is 10.1. The van der Waals surface area contributed by atoms with Gasteiger partial charge in [0.05, 0.1) is 30.0 Å². The Morgan fingerprint density at radius 2 is 1.97 bits per heavy atom. The number of fused-ring (bicyclic) bond motifs is 2. The Bertz CT molecular complexity index is 1380. The molecular formula is C24H18F2N4O2. The van der Waals surface area contributed by atoms with E-state index in [1.165, 1.54) is 0 Å². The van der Waals surface area contributed by atoms with Crippen molar-refractivity contribution >= 4 is 11.0 Å². The fraction of sp³-hybridized carbons (Fsp3) is 0.250. The summed E-state index contributed by atoms with van der Waals surface area (Å²) in [5, 5.41) is 5.33. The van der Waals surface area contributed by atoms with E-state index in [1.54, 1.807) is 18.6 Å². The van der Waals surface area contributed by atoms with Crippen molar-refractivity contribution in [2.75, 3.05) is 13.2 Å². The predicted molar refractivity (Wildman–Crippen MR) is 113 cm³/mol. The molecule has 0 bridgehead atoms. The Labute approximate surface area is 182 Å². The number of nitrogens with one attached hydrogen (secondary N) is 1. The fourth-order valence-corrected chi connectivity index (χ4v) is 4.33. The minimum atomic E-state index is -0.561. The van der Waals surface area contributed by atoms with E-state index in [2.05, 4.69) is 26.9 Å². The smallest absolute Gasteiger partial charge is 0.139 e. The van der Waals surface area contributed by atoms with Crippen molar-refractivity contribution in [3.8, 4) is 23.0 Å². The maximum absolute atomic E-state index is 13.9. The summed E-state index contributed by atoms with van der Waals surface area (Å²) >= 11 is 0. The number of hydrogen-bond acceptors (Lipinski definition) is 4. The van der Waals surface area contributed by atoms with E-state index in [0.29, 0.717) is 17.8 Å². The summed E-state index contributed by atoms with van der Waals surface area (Å²) in [5.41, 5.74) is 3.12. The average molecular weight is 432 g/mol. The molecule has 6 rings (SSSR count). The molecule has 0 saturated carbocycles. The van der Waals surface area contributed by atoms with Crippen LogP contribution in [0, 0.1) is 23.5 Å². The Morgan fingerprint density at radius 3 is 2.91 bits per heavy atom. The molecule has 2 aliphatic rings. The van der Waals surface area contributed by atoms with Gasteiger partial charge in [0.1, 0.15) is 29.4 Å². The average Bonchev–Trinajstić information content (AvgIpc) is 3.57. The van der Waals surface area contributed by atoms with Gasteiger partial charge in [0.25, 0.3) is 0 Å². The first-order valence-electron chi connectivity index (χ1n) is 10.4. The fourth-order valence-electron chi connectivity index (χ4n) is 4.33. The zero-order valence-electron chi connectivity index (χ0n) is 16.9. The van der Waals surface area contributed by atoms with Crippen molar-refractivity contribution < 1.29 is 18.3 Å². The van der Waals surface area contributed by atoms with Gasteiger partial charge in [-0.25, -0.2) is 13.8 Å². The van der Waals surface area contributed by atoms with Crippen molar-refractivity contribution in [3.05, 3.63) is 71.8 Å². The van der Waals surface area contributed by atoms with Crippen LogP contribution in [0.3, 0.4) is 0 Å². The van der Waals surface area contributed by atoms with Gasteiger partial charge in [0.15, 0.2) is 0 Å². The summed E-state index contributed by atoms with van der Waals surface area (Å²) in [6, 6.07) is 5.24.